The Morgan fingerprint density at radius 3 is 2.10 bits per heavy atom. The molecule has 0 radical (unpaired) electrons. The minimum atomic E-state index is -0.727. The molecule has 6 atom stereocenters. The average Bonchev–Trinajstić information content (AvgIpc) is 3.00. The molecule has 0 bridgehead atoms. The number of para-hydroxylation sites is 1. The van der Waals surface area contributed by atoms with Crippen LogP contribution in [0.1, 0.15) is 11.9 Å². The van der Waals surface area contributed by atoms with E-state index in [1.165, 1.54) is 0 Å². The lowest BCUT2D eigenvalue weighted by Crippen LogP contribution is -2.64. The predicted molar refractivity (Wildman–Crippen MR) is 145 cm³/mol. The van der Waals surface area contributed by atoms with Crippen molar-refractivity contribution in [2.24, 2.45) is 0 Å². The Morgan fingerprint density at radius 1 is 0.725 bits per heavy atom. The highest BCUT2D eigenvalue weighted by molar-refractivity contribution is 5.21. The van der Waals surface area contributed by atoms with Crippen molar-refractivity contribution in [2.45, 2.75) is 37.0 Å². The molecule has 3 heterocycles. The summed E-state index contributed by atoms with van der Waals surface area (Å²) < 4.78 is 55.2. The van der Waals surface area contributed by atoms with E-state index in [9.17, 15) is 0 Å². The Balaban J connectivity index is 1.32. The average molecular weight is 560 g/mol. The largest absolute Gasteiger partial charge is 0.462 e. The van der Waals surface area contributed by atoms with Crippen molar-refractivity contribution in [3.63, 3.8) is 0 Å². The van der Waals surface area contributed by atoms with Gasteiger partial charge in [0.2, 0.25) is 6.29 Å². The van der Waals surface area contributed by atoms with Crippen LogP contribution in [0.15, 0.2) is 60.7 Å². The summed E-state index contributed by atoms with van der Waals surface area (Å²) in [7, 11) is 1.71. The third-order valence-electron chi connectivity index (χ3n) is 7.14. The van der Waals surface area contributed by atoms with E-state index in [4.69, 9.17) is 42.6 Å². The Hall–Kier alpha value is -2.12. The van der Waals surface area contributed by atoms with Crippen LogP contribution in [0.4, 0.5) is 0 Å². The first-order valence-corrected chi connectivity index (χ1v) is 14.1. The molecule has 0 N–H and O–H groups in total. The molecule has 0 aliphatic carbocycles. The topological polar surface area (TPSA) is 86.3 Å². The van der Waals surface area contributed by atoms with Crippen molar-refractivity contribution in [3.8, 4) is 5.75 Å². The predicted octanol–water partition coefficient (Wildman–Crippen LogP) is 2.67. The Bertz CT molecular complexity index is 968. The van der Waals surface area contributed by atoms with Crippen molar-refractivity contribution in [2.75, 3.05) is 79.6 Å². The molecule has 3 aliphatic rings. The van der Waals surface area contributed by atoms with Crippen LogP contribution in [0.3, 0.4) is 0 Å². The summed E-state index contributed by atoms with van der Waals surface area (Å²) in [4.78, 5) is 2.27. The number of fused-ring (bicyclic) bond motifs is 3. The van der Waals surface area contributed by atoms with Gasteiger partial charge in [-0.05, 0) is 12.1 Å². The van der Waals surface area contributed by atoms with Gasteiger partial charge in [-0.2, -0.15) is 0 Å². The highest BCUT2D eigenvalue weighted by Gasteiger charge is 2.52. The summed E-state index contributed by atoms with van der Waals surface area (Å²) in [5.41, 5.74) is 0.938. The summed E-state index contributed by atoms with van der Waals surface area (Å²) in [6, 6.07) is 19.4. The molecule has 220 valence electrons. The van der Waals surface area contributed by atoms with Gasteiger partial charge in [-0.3, -0.25) is 4.90 Å². The Labute approximate surface area is 236 Å². The SMILES string of the molecule is COCCN1CCOCCO[C@@H]2[C@@H](OCCOCC1)[C@H](Oc1ccccc1)O[C@@H]1COC(c3ccccc3)O[C@@H]21. The molecule has 1 unspecified atom stereocenters. The first kappa shape index (κ1) is 29.4. The first-order valence-electron chi connectivity index (χ1n) is 14.1. The van der Waals surface area contributed by atoms with Crippen LogP contribution >= 0.6 is 0 Å². The van der Waals surface area contributed by atoms with E-state index in [0.29, 0.717) is 58.6 Å². The molecule has 3 fully saturated rings. The summed E-state index contributed by atoms with van der Waals surface area (Å²) in [5.74, 6) is 0.680. The van der Waals surface area contributed by atoms with Gasteiger partial charge < -0.3 is 42.6 Å². The summed E-state index contributed by atoms with van der Waals surface area (Å²) in [6.45, 7) is 6.18. The minimum Gasteiger partial charge on any atom is -0.462 e. The molecule has 0 saturated carbocycles. The van der Waals surface area contributed by atoms with Gasteiger partial charge in [-0.1, -0.05) is 48.5 Å². The monoisotopic (exact) mass is 559 g/mol. The molecular formula is C30H41NO9. The third-order valence-corrected chi connectivity index (χ3v) is 7.14. The Morgan fingerprint density at radius 2 is 1.40 bits per heavy atom. The second-order valence-electron chi connectivity index (χ2n) is 9.88. The highest BCUT2D eigenvalue weighted by Crippen LogP contribution is 2.37. The molecule has 2 aromatic carbocycles. The quantitative estimate of drug-likeness (QED) is 0.527. The molecule has 10 heteroatoms. The fraction of sp³-hybridized carbons (Fsp3) is 0.600. The number of hydrogen-bond donors (Lipinski definition) is 0. The molecule has 0 spiro atoms. The van der Waals surface area contributed by atoms with Gasteiger partial charge in [0, 0.05) is 32.3 Å². The van der Waals surface area contributed by atoms with Crippen molar-refractivity contribution in [1.82, 2.24) is 4.90 Å². The van der Waals surface area contributed by atoms with Gasteiger partial charge in [-0.25, -0.2) is 0 Å². The minimum absolute atomic E-state index is 0.336. The van der Waals surface area contributed by atoms with E-state index in [1.807, 2.05) is 60.7 Å². The van der Waals surface area contributed by atoms with Crippen LogP contribution in [-0.2, 0) is 37.9 Å². The van der Waals surface area contributed by atoms with E-state index < -0.39 is 37.0 Å². The lowest BCUT2D eigenvalue weighted by molar-refractivity contribution is -0.360. The number of benzene rings is 2. The molecule has 10 nitrogen and oxygen atoms in total. The van der Waals surface area contributed by atoms with Crippen LogP contribution in [0, 0.1) is 0 Å². The molecule has 40 heavy (non-hydrogen) atoms. The highest BCUT2D eigenvalue weighted by atomic mass is 16.8. The van der Waals surface area contributed by atoms with Gasteiger partial charge in [0.25, 0.3) is 0 Å². The van der Waals surface area contributed by atoms with Crippen molar-refractivity contribution in [3.05, 3.63) is 66.2 Å². The fourth-order valence-corrected chi connectivity index (χ4v) is 5.05. The maximum atomic E-state index is 6.49. The lowest BCUT2D eigenvalue weighted by atomic mass is 9.97. The zero-order valence-corrected chi connectivity index (χ0v) is 23.1. The number of rotatable bonds is 6. The van der Waals surface area contributed by atoms with E-state index >= 15 is 0 Å². The van der Waals surface area contributed by atoms with Gasteiger partial charge in [0.05, 0.1) is 52.9 Å². The zero-order valence-electron chi connectivity index (χ0n) is 23.1. The summed E-state index contributed by atoms with van der Waals surface area (Å²) >= 11 is 0. The van der Waals surface area contributed by atoms with Crippen LogP contribution < -0.4 is 4.74 Å². The maximum absolute atomic E-state index is 6.49. The second-order valence-corrected chi connectivity index (χ2v) is 9.88. The maximum Gasteiger partial charge on any atom is 0.229 e. The van der Waals surface area contributed by atoms with E-state index in [0.717, 1.165) is 25.2 Å². The summed E-state index contributed by atoms with van der Waals surface area (Å²) in [5, 5.41) is 0. The van der Waals surface area contributed by atoms with E-state index in [1.54, 1.807) is 7.11 Å². The number of methoxy groups -OCH3 is 1. The summed E-state index contributed by atoms with van der Waals surface area (Å²) in [6.07, 6.45) is -3.13. The van der Waals surface area contributed by atoms with Crippen molar-refractivity contribution in [1.29, 1.82) is 0 Å². The second kappa shape index (κ2) is 15.8. The Kier molecular flexibility index (Phi) is 11.6. The van der Waals surface area contributed by atoms with Crippen LogP contribution in [0.2, 0.25) is 0 Å². The normalized spacial score (nSPS) is 31.2. The van der Waals surface area contributed by atoms with Crippen LogP contribution in [-0.4, -0.2) is 115 Å². The molecule has 0 aromatic heterocycles. The third kappa shape index (κ3) is 8.22. The van der Waals surface area contributed by atoms with Crippen LogP contribution in [0.25, 0.3) is 0 Å². The zero-order chi connectivity index (χ0) is 27.4. The molecule has 5 rings (SSSR count). The van der Waals surface area contributed by atoms with E-state index in [2.05, 4.69) is 4.90 Å². The molecule has 3 saturated heterocycles. The van der Waals surface area contributed by atoms with Gasteiger partial charge in [-0.15, -0.1) is 0 Å². The first-order chi connectivity index (χ1) is 19.8. The molecule has 3 aliphatic heterocycles. The molecular weight excluding hydrogens is 518 g/mol. The number of nitrogens with zero attached hydrogens (tertiary/aromatic N) is 1. The lowest BCUT2D eigenvalue weighted by Gasteiger charge is -2.48. The smallest absolute Gasteiger partial charge is 0.229 e. The fourth-order valence-electron chi connectivity index (χ4n) is 5.05. The van der Waals surface area contributed by atoms with Crippen molar-refractivity contribution < 1.29 is 42.6 Å². The van der Waals surface area contributed by atoms with Gasteiger partial charge >= 0.3 is 0 Å². The van der Waals surface area contributed by atoms with Crippen molar-refractivity contribution >= 4 is 0 Å². The number of ether oxygens (including phenoxy) is 9. The van der Waals surface area contributed by atoms with Gasteiger partial charge in [0.15, 0.2) is 6.29 Å². The molecule has 0 amide bonds. The van der Waals surface area contributed by atoms with Gasteiger partial charge in [0.1, 0.15) is 30.2 Å². The van der Waals surface area contributed by atoms with Crippen LogP contribution in [0.5, 0.6) is 5.75 Å². The molecule has 2 aromatic rings. The van der Waals surface area contributed by atoms with E-state index in [-0.39, 0.29) is 0 Å². The number of hydrogen-bond acceptors (Lipinski definition) is 10. The standard InChI is InChI=1S/C30H41NO9/c1-32-15-12-31-13-16-33-18-20-35-27-26-25(22-37-29(40-26)23-8-4-2-5-9-23)39-30(38-24-10-6-3-7-11-24)28(27)36-21-19-34-17-14-31/h2-11,25-30H,12-22H2,1H3/t25-,26-,27+,28-,29?,30-/m1/s1.